The van der Waals surface area contributed by atoms with Crippen LogP contribution in [-0.2, 0) is 0 Å². The zero-order chi connectivity index (χ0) is 11.3. The minimum Gasteiger partial charge on any atom is -0.493 e. The molecular formula is C12H15FO2. The first-order valence-electron chi connectivity index (χ1n) is 5.08. The largest absolute Gasteiger partial charge is 0.493 e. The first-order valence-corrected chi connectivity index (χ1v) is 5.08. The molecule has 3 heteroatoms. The molecule has 0 saturated heterocycles. The van der Waals surface area contributed by atoms with Crippen molar-refractivity contribution in [1.82, 2.24) is 0 Å². The maximum Gasteiger partial charge on any atom is 0.163 e. The van der Waals surface area contributed by atoms with Gasteiger partial charge in [0.25, 0.3) is 0 Å². The predicted octanol–water partition coefficient (Wildman–Crippen LogP) is 3.21. The maximum atomic E-state index is 12.9. The van der Waals surface area contributed by atoms with Gasteiger partial charge >= 0.3 is 0 Å². The van der Waals surface area contributed by atoms with Gasteiger partial charge in [-0.15, -0.1) is 0 Å². The molecule has 0 aliphatic carbocycles. The Balaban J connectivity index is 2.82. The van der Waals surface area contributed by atoms with Crippen LogP contribution in [-0.4, -0.2) is 12.4 Å². The average Bonchev–Trinajstić information content (AvgIpc) is 2.18. The van der Waals surface area contributed by atoms with Gasteiger partial charge in [0.05, 0.1) is 12.2 Å². The number of ether oxygens (including phenoxy) is 1. The van der Waals surface area contributed by atoms with Crippen LogP contribution in [0, 0.1) is 5.82 Å². The van der Waals surface area contributed by atoms with Crippen LogP contribution >= 0.6 is 0 Å². The fourth-order valence-electron chi connectivity index (χ4n) is 1.23. The lowest BCUT2D eigenvalue weighted by Crippen LogP contribution is -2.03. The van der Waals surface area contributed by atoms with E-state index in [0.29, 0.717) is 17.9 Å². The van der Waals surface area contributed by atoms with Gasteiger partial charge in [0.15, 0.2) is 5.78 Å². The van der Waals surface area contributed by atoms with E-state index in [2.05, 4.69) is 0 Å². The number of ketones is 1. The Morgan fingerprint density at radius 3 is 2.80 bits per heavy atom. The second-order valence-electron chi connectivity index (χ2n) is 3.40. The number of hydrogen-bond acceptors (Lipinski definition) is 2. The highest BCUT2D eigenvalue weighted by Crippen LogP contribution is 2.20. The molecule has 0 amide bonds. The third-order valence-corrected chi connectivity index (χ3v) is 2.08. The van der Waals surface area contributed by atoms with Crippen molar-refractivity contribution in [3.63, 3.8) is 0 Å². The Labute approximate surface area is 89.1 Å². The minimum absolute atomic E-state index is 0.110. The van der Waals surface area contributed by atoms with Crippen LogP contribution in [0.25, 0.3) is 0 Å². The number of benzene rings is 1. The zero-order valence-electron chi connectivity index (χ0n) is 9.05. The summed E-state index contributed by atoms with van der Waals surface area (Å²) in [6, 6.07) is 3.98. The molecule has 82 valence electrons. The summed E-state index contributed by atoms with van der Waals surface area (Å²) in [5.41, 5.74) is 0.438. The highest BCUT2D eigenvalue weighted by Gasteiger charge is 2.09. The number of rotatable bonds is 5. The Bertz CT molecular complexity index is 347. The molecule has 0 aliphatic heterocycles. The minimum atomic E-state index is -0.383. The molecule has 0 fully saturated rings. The molecule has 1 rings (SSSR count). The van der Waals surface area contributed by atoms with E-state index in [0.717, 1.165) is 12.8 Å². The SMILES string of the molecule is CCCCOc1cc(F)ccc1C(C)=O. The third kappa shape index (κ3) is 3.35. The second kappa shape index (κ2) is 5.49. The molecule has 0 aromatic heterocycles. The van der Waals surface area contributed by atoms with Crippen LogP contribution in [0.4, 0.5) is 4.39 Å². The average molecular weight is 210 g/mol. The fourth-order valence-corrected chi connectivity index (χ4v) is 1.23. The Morgan fingerprint density at radius 2 is 2.20 bits per heavy atom. The summed E-state index contributed by atoms with van der Waals surface area (Å²) in [6.45, 7) is 4.00. The molecule has 1 aromatic carbocycles. The van der Waals surface area contributed by atoms with Crippen LogP contribution < -0.4 is 4.74 Å². The lowest BCUT2D eigenvalue weighted by molar-refractivity contribution is 0.101. The van der Waals surface area contributed by atoms with Crippen molar-refractivity contribution in [3.8, 4) is 5.75 Å². The molecule has 0 saturated carbocycles. The highest BCUT2D eigenvalue weighted by molar-refractivity contribution is 5.96. The molecule has 1 aromatic rings. The van der Waals surface area contributed by atoms with E-state index in [9.17, 15) is 9.18 Å². The molecular weight excluding hydrogens is 195 g/mol. The Morgan fingerprint density at radius 1 is 1.47 bits per heavy atom. The zero-order valence-corrected chi connectivity index (χ0v) is 9.05. The topological polar surface area (TPSA) is 26.3 Å². The molecule has 0 unspecified atom stereocenters. The van der Waals surface area contributed by atoms with Crippen LogP contribution in [0.15, 0.2) is 18.2 Å². The van der Waals surface area contributed by atoms with E-state index >= 15 is 0 Å². The molecule has 0 atom stereocenters. The molecule has 15 heavy (non-hydrogen) atoms. The number of hydrogen-bond donors (Lipinski definition) is 0. The normalized spacial score (nSPS) is 10.1. The van der Waals surface area contributed by atoms with Crippen molar-refractivity contribution in [2.45, 2.75) is 26.7 Å². The van der Waals surface area contributed by atoms with Gasteiger partial charge in [-0.2, -0.15) is 0 Å². The van der Waals surface area contributed by atoms with E-state index in [-0.39, 0.29) is 11.6 Å². The van der Waals surface area contributed by atoms with E-state index in [1.165, 1.54) is 25.1 Å². The summed E-state index contributed by atoms with van der Waals surface area (Å²) in [6.07, 6.45) is 1.90. The summed E-state index contributed by atoms with van der Waals surface area (Å²) in [5, 5.41) is 0. The van der Waals surface area contributed by atoms with Gasteiger partial charge < -0.3 is 4.74 Å². The smallest absolute Gasteiger partial charge is 0.163 e. The van der Waals surface area contributed by atoms with Gasteiger partial charge in [-0.05, 0) is 25.5 Å². The molecule has 2 nitrogen and oxygen atoms in total. The second-order valence-corrected chi connectivity index (χ2v) is 3.40. The van der Waals surface area contributed by atoms with E-state index in [4.69, 9.17) is 4.74 Å². The maximum absolute atomic E-state index is 12.9. The summed E-state index contributed by atoms with van der Waals surface area (Å²) in [5.74, 6) is -0.149. The Kier molecular flexibility index (Phi) is 4.28. The van der Waals surface area contributed by atoms with Crippen LogP contribution in [0.5, 0.6) is 5.75 Å². The van der Waals surface area contributed by atoms with Gasteiger partial charge in [-0.3, -0.25) is 4.79 Å². The quantitative estimate of drug-likeness (QED) is 0.551. The van der Waals surface area contributed by atoms with Crippen molar-refractivity contribution in [3.05, 3.63) is 29.6 Å². The summed E-state index contributed by atoms with van der Waals surface area (Å²) in [4.78, 5) is 11.2. The van der Waals surface area contributed by atoms with Gasteiger partial charge in [0.2, 0.25) is 0 Å². The first kappa shape index (κ1) is 11.7. The molecule has 0 spiro atoms. The van der Waals surface area contributed by atoms with E-state index in [1.807, 2.05) is 6.92 Å². The third-order valence-electron chi connectivity index (χ3n) is 2.08. The lowest BCUT2D eigenvalue weighted by Gasteiger charge is -2.09. The van der Waals surface area contributed by atoms with E-state index < -0.39 is 0 Å². The summed E-state index contributed by atoms with van der Waals surface area (Å²) in [7, 11) is 0. The highest BCUT2D eigenvalue weighted by atomic mass is 19.1. The molecule has 0 radical (unpaired) electrons. The molecule has 0 bridgehead atoms. The monoisotopic (exact) mass is 210 g/mol. The van der Waals surface area contributed by atoms with Gasteiger partial charge in [-0.25, -0.2) is 4.39 Å². The molecule has 0 N–H and O–H groups in total. The van der Waals surface area contributed by atoms with E-state index in [1.54, 1.807) is 0 Å². The molecule has 0 heterocycles. The summed E-state index contributed by atoms with van der Waals surface area (Å²) >= 11 is 0. The van der Waals surface area contributed by atoms with Gasteiger partial charge in [0.1, 0.15) is 11.6 Å². The fraction of sp³-hybridized carbons (Fsp3) is 0.417. The lowest BCUT2D eigenvalue weighted by atomic mass is 10.1. The van der Waals surface area contributed by atoms with Crippen molar-refractivity contribution >= 4 is 5.78 Å². The molecule has 0 aliphatic rings. The number of unbranched alkanes of at least 4 members (excludes halogenated alkanes) is 1. The van der Waals surface area contributed by atoms with Gasteiger partial charge in [0, 0.05) is 6.07 Å². The Hall–Kier alpha value is -1.38. The first-order chi connectivity index (χ1) is 7.15. The van der Waals surface area contributed by atoms with Crippen molar-refractivity contribution in [2.24, 2.45) is 0 Å². The standard InChI is InChI=1S/C12H15FO2/c1-3-4-7-15-12-8-10(13)5-6-11(12)9(2)14/h5-6,8H,3-4,7H2,1-2H3. The summed E-state index contributed by atoms with van der Waals surface area (Å²) < 4.78 is 18.3. The van der Waals surface area contributed by atoms with Crippen molar-refractivity contribution in [2.75, 3.05) is 6.61 Å². The number of halogens is 1. The van der Waals surface area contributed by atoms with Gasteiger partial charge in [-0.1, -0.05) is 13.3 Å². The van der Waals surface area contributed by atoms with Crippen LogP contribution in [0.1, 0.15) is 37.0 Å². The van der Waals surface area contributed by atoms with Crippen LogP contribution in [0.2, 0.25) is 0 Å². The number of Topliss-reactive ketones (excluding diaryl/α,β-unsaturated/α-hetero) is 1. The van der Waals surface area contributed by atoms with Crippen LogP contribution in [0.3, 0.4) is 0 Å². The number of carbonyl (C=O) groups excluding carboxylic acids is 1. The predicted molar refractivity (Wildman–Crippen MR) is 56.8 cm³/mol. The van der Waals surface area contributed by atoms with Crippen molar-refractivity contribution in [1.29, 1.82) is 0 Å². The van der Waals surface area contributed by atoms with Crippen molar-refractivity contribution < 1.29 is 13.9 Å². The number of carbonyl (C=O) groups is 1.